The first-order valence-electron chi connectivity index (χ1n) is 9.59. The predicted octanol–water partition coefficient (Wildman–Crippen LogP) is 7.24. The SMILES string of the molecule is CCOc1cc(/C=C/C(=O)c2ccc(C)cc2)cc(I)c1OCc1ccc(Br)cc1. The molecule has 0 amide bonds. The molecule has 3 aromatic rings. The Kier molecular flexibility index (Phi) is 8.10. The number of hydrogen-bond donors (Lipinski definition) is 0. The van der Waals surface area contributed by atoms with E-state index in [1.807, 2.05) is 80.6 Å². The molecule has 0 spiro atoms. The van der Waals surface area contributed by atoms with E-state index in [2.05, 4.69) is 38.5 Å². The van der Waals surface area contributed by atoms with E-state index in [-0.39, 0.29) is 5.78 Å². The monoisotopic (exact) mass is 576 g/mol. The molecule has 0 N–H and O–H groups in total. The van der Waals surface area contributed by atoms with Crippen LogP contribution in [0, 0.1) is 10.5 Å². The lowest BCUT2D eigenvalue weighted by atomic mass is 10.1. The zero-order valence-corrected chi connectivity index (χ0v) is 20.6. The largest absolute Gasteiger partial charge is 0.490 e. The van der Waals surface area contributed by atoms with E-state index in [9.17, 15) is 4.79 Å². The van der Waals surface area contributed by atoms with Crippen molar-refractivity contribution in [3.05, 3.63) is 97.0 Å². The van der Waals surface area contributed by atoms with Crippen LogP contribution in [0.1, 0.15) is 34.0 Å². The summed E-state index contributed by atoms with van der Waals surface area (Å²) in [5.74, 6) is 1.35. The highest BCUT2D eigenvalue weighted by atomic mass is 127. The van der Waals surface area contributed by atoms with Crippen LogP contribution in [0.25, 0.3) is 6.08 Å². The van der Waals surface area contributed by atoms with E-state index in [1.165, 1.54) is 0 Å². The molecule has 30 heavy (non-hydrogen) atoms. The van der Waals surface area contributed by atoms with E-state index in [4.69, 9.17) is 9.47 Å². The van der Waals surface area contributed by atoms with Gasteiger partial charge in [-0.2, -0.15) is 0 Å². The zero-order chi connectivity index (χ0) is 21.5. The van der Waals surface area contributed by atoms with Gasteiger partial charge in [-0.3, -0.25) is 4.79 Å². The first kappa shape index (κ1) is 22.6. The summed E-state index contributed by atoms with van der Waals surface area (Å²) in [5.41, 5.74) is 3.76. The van der Waals surface area contributed by atoms with E-state index >= 15 is 0 Å². The Labute approximate surface area is 199 Å². The van der Waals surface area contributed by atoms with Gasteiger partial charge in [0.15, 0.2) is 17.3 Å². The van der Waals surface area contributed by atoms with Crippen LogP contribution in [0.5, 0.6) is 11.5 Å². The van der Waals surface area contributed by atoms with Gasteiger partial charge in [0, 0.05) is 10.0 Å². The number of carbonyl (C=O) groups is 1. The van der Waals surface area contributed by atoms with Gasteiger partial charge in [-0.25, -0.2) is 0 Å². The summed E-state index contributed by atoms with van der Waals surface area (Å²) >= 11 is 5.68. The van der Waals surface area contributed by atoms with Crippen molar-refractivity contribution < 1.29 is 14.3 Å². The molecule has 0 radical (unpaired) electrons. The summed E-state index contributed by atoms with van der Waals surface area (Å²) in [4.78, 5) is 12.4. The Bertz CT molecular complexity index is 1040. The van der Waals surface area contributed by atoms with Gasteiger partial charge >= 0.3 is 0 Å². The molecular weight excluding hydrogens is 555 g/mol. The Morgan fingerprint density at radius 2 is 1.73 bits per heavy atom. The number of ether oxygens (including phenoxy) is 2. The summed E-state index contributed by atoms with van der Waals surface area (Å²) in [6.45, 7) is 4.92. The van der Waals surface area contributed by atoms with Crippen molar-refractivity contribution in [2.24, 2.45) is 0 Å². The van der Waals surface area contributed by atoms with Crippen LogP contribution in [0.2, 0.25) is 0 Å². The number of allylic oxidation sites excluding steroid dienone is 1. The molecule has 3 aromatic carbocycles. The first-order valence-corrected chi connectivity index (χ1v) is 11.5. The number of rotatable bonds is 8. The molecule has 5 heteroatoms. The number of hydrogen-bond acceptors (Lipinski definition) is 3. The summed E-state index contributed by atoms with van der Waals surface area (Å²) < 4.78 is 13.8. The topological polar surface area (TPSA) is 35.5 Å². The van der Waals surface area contributed by atoms with Crippen LogP contribution in [0.4, 0.5) is 0 Å². The Morgan fingerprint density at radius 1 is 1.03 bits per heavy atom. The molecule has 3 nitrogen and oxygen atoms in total. The Balaban J connectivity index is 1.78. The van der Waals surface area contributed by atoms with Crippen LogP contribution in [-0.2, 0) is 6.61 Å². The maximum Gasteiger partial charge on any atom is 0.185 e. The van der Waals surface area contributed by atoms with E-state index < -0.39 is 0 Å². The summed E-state index contributed by atoms with van der Waals surface area (Å²) in [7, 11) is 0. The lowest BCUT2D eigenvalue weighted by Gasteiger charge is -2.15. The van der Waals surface area contributed by atoms with Crippen molar-refractivity contribution >= 4 is 50.4 Å². The van der Waals surface area contributed by atoms with Crippen molar-refractivity contribution in [2.75, 3.05) is 6.61 Å². The minimum absolute atomic E-state index is 0.0291. The molecule has 154 valence electrons. The summed E-state index contributed by atoms with van der Waals surface area (Å²) in [6.07, 6.45) is 3.40. The molecule has 0 bridgehead atoms. The van der Waals surface area contributed by atoms with Gasteiger partial charge < -0.3 is 9.47 Å². The Hall–Kier alpha value is -2.12. The van der Waals surface area contributed by atoms with Crippen molar-refractivity contribution in [3.63, 3.8) is 0 Å². The third-order valence-electron chi connectivity index (χ3n) is 4.39. The second-order valence-electron chi connectivity index (χ2n) is 6.74. The highest BCUT2D eigenvalue weighted by Gasteiger charge is 2.12. The highest BCUT2D eigenvalue weighted by molar-refractivity contribution is 14.1. The number of halogens is 2. The molecule has 0 aromatic heterocycles. The van der Waals surface area contributed by atoms with Gasteiger partial charge in [-0.1, -0.05) is 64.0 Å². The molecule has 0 unspecified atom stereocenters. The normalized spacial score (nSPS) is 10.9. The minimum Gasteiger partial charge on any atom is -0.490 e. The molecule has 0 heterocycles. The van der Waals surface area contributed by atoms with Crippen LogP contribution < -0.4 is 9.47 Å². The molecule has 3 rings (SSSR count). The molecule has 0 saturated heterocycles. The average Bonchev–Trinajstić information content (AvgIpc) is 2.73. The fourth-order valence-corrected chi connectivity index (χ4v) is 3.85. The number of ketones is 1. The van der Waals surface area contributed by atoms with Gasteiger partial charge in [0.1, 0.15) is 6.61 Å². The van der Waals surface area contributed by atoms with Crippen LogP contribution >= 0.6 is 38.5 Å². The summed E-state index contributed by atoms with van der Waals surface area (Å²) in [6, 6.07) is 19.5. The number of benzene rings is 3. The smallest absolute Gasteiger partial charge is 0.185 e. The molecule has 0 fully saturated rings. The second-order valence-corrected chi connectivity index (χ2v) is 8.82. The third-order valence-corrected chi connectivity index (χ3v) is 5.72. The quantitative estimate of drug-likeness (QED) is 0.161. The molecule has 0 aliphatic carbocycles. The second kappa shape index (κ2) is 10.8. The van der Waals surface area contributed by atoms with Crippen molar-refractivity contribution in [3.8, 4) is 11.5 Å². The molecule has 0 aliphatic rings. The summed E-state index contributed by atoms with van der Waals surface area (Å²) in [5, 5.41) is 0. The van der Waals surface area contributed by atoms with Crippen molar-refractivity contribution in [1.82, 2.24) is 0 Å². The highest BCUT2D eigenvalue weighted by Crippen LogP contribution is 2.35. The van der Waals surface area contributed by atoms with Gasteiger partial charge in [-0.15, -0.1) is 0 Å². The molecular formula is C25H22BrIO3. The lowest BCUT2D eigenvalue weighted by molar-refractivity contribution is 0.104. The Morgan fingerprint density at radius 3 is 2.40 bits per heavy atom. The maximum absolute atomic E-state index is 12.4. The average molecular weight is 577 g/mol. The van der Waals surface area contributed by atoms with Gasteiger partial charge in [-0.05, 0) is 77.9 Å². The minimum atomic E-state index is -0.0291. The number of aryl methyl sites for hydroxylation is 1. The van der Waals surface area contributed by atoms with Crippen LogP contribution in [-0.4, -0.2) is 12.4 Å². The zero-order valence-electron chi connectivity index (χ0n) is 16.8. The molecule has 0 aliphatic heterocycles. The van der Waals surface area contributed by atoms with Gasteiger partial charge in [0.05, 0.1) is 10.2 Å². The standard InChI is InChI=1S/C25H22BrIO3/c1-3-29-24-15-19(8-13-23(28)20-9-4-17(2)5-10-20)14-22(27)25(24)30-16-18-6-11-21(26)12-7-18/h4-15H,3,16H2,1-2H3/b13-8+. The van der Waals surface area contributed by atoms with E-state index in [0.717, 1.165) is 24.7 Å². The van der Waals surface area contributed by atoms with Gasteiger partial charge in [0.25, 0.3) is 0 Å². The number of carbonyl (C=O) groups excluding carboxylic acids is 1. The first-order chi connectivity index (χ1) is 14.5. The van der Waals surface area contributed by atoms with Crippen molar-refractivity contribution in [2.45, 2.75) is 20.5 Å². The third kappa shape index (κ3) is 6.19. The fourth-order valence-electron chi connectivity index (χ4n) is 2.81. The van der Waals surface area contributed by atoms with E-state index in [1.54, 1.807) is 6.08 Å². The predicted molar refractivity (Wildman–Crippen MR) is 133 cm³/mol. The van der Waals surface area contributed by atoms with E-state index in [0.29, 0.717) is 30.3 Å². The van der Waals surface area contributed by atoms with Crippen molar-refractivity contribution in [1.29, 1.82) is 0 Å². The van der Waals surface area contributed by atoms with Crippen LogP contribution in [0.3, 0.4) is 0 Å². The van der Waals surface area contributed by atoms with Gasteiger partial charge in [0.2, 0.25) is 0 Å². The molecule has 0 saturated carbocycles. The lowest BCUT2D eigenvalue weighted by Crippen LogP contribution is -2.02. The fraction of sp³-hybridized carbons (Fsp3) is 0.160. The van der Waals surface area contributed by atoms with Crippen LogP contribution in [0.15, 0.2) is 71.2 Å². The molecule has 0 atom stereocenters. The maximum atomic E-state index is 12.4.